The molecule has 12 nitrogen and oxygen atoms in total. The number of anilines is 1. The van der Waals surface area contributed by atoms with Crippen molar-refractivity contribution in [1.82, 2.24) is 25.1 Å². The summed E-state index contributed by atoms with van der Waals surface area (Å²) in [5.41, 5.74) is 3.31. The van der Waals surface area contributed by atoms with Gasteiger partial charge in [0.25, 0.3) is 5.91 Å². The summed E-state index contributed by atoms with van der Waals surface area (Å²) in [6.45, 7) is 3.00. The number of amides is 3. The van der Waals surface area contributed by atoms with Gasteiger partial charge >= 0.3 is 12.1 Å². The fourth-order valence-electron chi connectivity index (χ4n) is 5.53. The van der Waals surface area contributed by atoms with Crippen molar-refractivity contribution >= 4 is 29.7 Å². The normalized spacial score (nSPS) is 15.3. The number of ether oxygens (including phenoxy) is 1. The Morgan fingerprint density at radius 2 is 1.57 bits per heavy atom. The second-order valence-corrected chi connectivity index (χ2v) is 10.8. The zero-order valence-electron chi connectivity index (χ0n) is 24.6. The van der Waals surface area contributed by atoms with Gasteiger partial charge < -0.3 is 30.3 Å². The number of hydrogen-bond donors (Lipinski definition) is 3. The molecule has 3 aromatic rings. The molecule has 1 saturated heterocycles. The molecule has 2 aliphatic rings. The van der Waals surface area contributed by atoms with E-state index in [0.29, 0.717) is 11.6 Å². The highest BCUT2D eigenvalue weighted by Gasteiger charge is 2.31. The number of carboxylic acid groups (broad SMARTS) is 1. The number of benzene rings is 2. The molecule has 0 unspecified atom stereocenters. The maximum absolute atomic E-state index is 13.6. The summed E-state index contributed by atoms with van der Waals surface area (Å²) in [4.78, 5) is 62.9. The molecule has 0 radical (unpaired) electrons. The molecule has 1 aliphatic carbocycles. The van der Waals surface area contributed by atoms with Gasteiger partial charge in [-0.25, -0.2) is 14.8 Å². The van der Waals surface area contributed by atoms with Gasteiger partial charge in [0.1, 0.15) is 17.6 Å². The van der Waals surface area contributed by atoms with Gasteiger partial charge in [-0.3, -0.25) is 14.4 Å². The molecule has 2 heterocycles. The molecule has 1 atom stereocenters. The molecule has 0 spiro atoms. The molecule has 12 heteroatoms. The molecule has 0 saturated carbocycles. The molecular weight excluding hydrogens is 564 g/mol. The van der Waals surface area contributed by atoms with Gasteiger partial charge in [0, 0.05) is 50.3 Å². The summed E-state index contributed by atoms with van der Waals surface area (Å²) < 4.78 is 5.04. The zero-order chi connectivity index (χ0) is 31.1. The van der Waals surface area contributed by atoms with Crippen molar-refractivity contribution in [2.75, 3.05) is 38.1 Å². The van der Waals surface area contributed by atoms with Gasteiger partial charge in [-0.05, 0) is 37.3 Å². The van der Waals surface area contributed by atoms with Gasteiger partial charge in [0.15, 0.2) is 5.82 Å². The lowest BCUT2D eigenvalue weighted by molar-refractivity contribution is -0.138. The second kappa shape index (κ2) is 14.0. The van der Waals surface area contributed by atoms with Crippen molar-refractivity contribution in [3.05, 3.63) is 77.5 Å². The standard InChI is InChI=1S/C32H36N6O6/c1-2-44-32(43)38-16-14-37(15-17-38)31(42)25(12-13-28(39)40)35-30(41)26-20-27(36-29(34-26)21-8-4-3-5-9-21)33-24-18-22-10-6-7-11-23(22)19-24/h3-11,20,24-25H,2,12-19H2,1H3,(H,35,41)(H,39,40)(H,33,34,36)/t25-/m0/s1. The minimum absolute atomic E-state index is 0.0529. The molecule has 3 N–H and O–H groups in total. The molecule has 5 rings (SSSR count). The predicted octanol–water partition coefficient (Wildman–Crippen LogP) is 2.99. The van der Waals surface area contributed by atoms with Crippen molar-refractivity contribution < 1.29 is 29.0 Å². The topological polar surface area (TPSA) is 154 Å². The van der Waals surface area contributed by atoms with Crippen LogP contribution in [0.2, 0.25) is 0 Å². The van der Waals surface area contributed by atoms with Crippen LogP contribution in [-0.4, -0.2) is 93.6 Å². The smallest absolute Gasteiger partial charge is 0.409 e. The van der Waals surface area contributed by atoms with Crippen molar-refractivity contribution in [2.24, 2.45) is 0 Å². The van der Waals surface area contributed by atoms with Crippen LogP contribution < -0.4 is 10.6 Å². The molecule has 1 fully saturated rings. The Bertz CT molecular complexity index is 1480. The van der Waals surface area contributed by atoms with E-state index in [1.165, 1.54) is 20.9 Å². The number of nitrogens with zero attached hydrogens (tertiary/aromatic N) is 4. The molecule has 230 valence electrons. The minimum atomic E-state index is -1.09. The van der Waals surface area contributed by atoms with Gasteiger partial charge in [0.2, 0.25) is 5.91 Å². The summed E-state index contributed by atoms with van der Waals surface area (Å²) in [6.07, 6.45) is 0.780. The van der Waals surface area contributed by atoms with Crippen molar-refractivity contribution in [3.8, 4) is 11.4 Å². The number of piperazine rings is 1. The Morgan fingerprint density at radius 3 is 2.20 bits per heavy atom. The van der Waals surface area contributed by atoms with E-state index >= 15 is 0 Å². The molecular formula is C32H36N6O6. The third-order valence-electron chi connectivity index (χ3n) is 7.76. The van der Waals surface area contributed by atoms with E-state index in [2.05, 4.69) is 27.8 Å². The Morgan fingerprint density at radius 1 is 0.932 bits per heavy atom. The van der Waals surface area contributed by atoms with Crippen LogP contribution in [0.15, 0.2) is 60.7 Å². The number of carbonyl (C=O) groups excluding carboxylic acids is 3. The molecule has 44 heavy (non-hydrogen) atoms. The SMILES string of the molecule is CCOC(=O)N1CCN(C(=O)[C@H](CCC(=O)O)NC(=O)c2cc(NC3Cc4ccccc4C3)nc(-c3ccccc3)n2)CC1. The van der Waals surface area contributed by atoms with Crippen molar-refractivity contribution in [1.29, 1.82) is 0 Å². The van der Waals surface area contributed by atoms with Crippen LogP contribution in [-0.2, 0) is 27.2 Å². The minimum Gasteiger partial charge on any atom is -0.481 e. The first-order valence-corrected chi connectivity index (χ1v) is 14.8. The number of carbonyl (C=O) groups is 4. The summed E-state index contributed by atoms with van der Waals surface area (Å²) in [5, 5.41) is 15.5. The summed E-state index contributed by atoms with van der Waals surface area (Å²) in [6, 6.07) is 18.1. The first-order valence-electron chi connectivity index (χ1n) is 14.8. The first-order chi connectivity index (χ1) is 21.3. The predicted molar refractivity (Wildman–Crippen MR) is 162 cm³/mol. The van der Waals surface area contributed by atoms with E-state index < -0.39 is 29.9 Å². The van der Waals surface area contributed by atoms with Crippen LogP contribution in [0.4, 0.5) is 10.6 Å². The average molecular weight is 601 g/mol. The Labute approximate surface area is 255 Å². The maximum atomic E-state index is 13.6. The third kappa shape index (κ3) is 7.49. The first kappa shape index (κ1) is 30.5. The maximum Gasteiger partial charge on any atom is 0.409 e. The molecule has 0 bridgehead atoms. The van der Waals surface area contributed by atoms with Crippen LogP contribution >= 0.6 is 0 Å². The lowest BCUT2D eigenvalue weighted by atomic mass is 10.1. The second-order valence-electron chi connectivity index (χ2n) is 10.8. The van der Waals surface area contributed by atoms with Gasteiger partial charge in [-0.2, -0.15) is 0 Å². The average Bonchev–Trinajstić information content (AvgIpc) is 3.45. The van der Waals surface area contributed by atoms with Crippen LogP contribution in [0.1, 0.15) is 41.4 Å². The number of aliphatic carboxylic acids is 1. The molecule has 1 aliphatic heterocycles. The van der Waals surface area contributed by atoms with Crippen LogP contribution in [0.25, 0.3) is 11.4 Å². The van der Waals surface area contributed by atoms with E-state index in [1.54, 1.807) is 13.0 Å². The largest absolute Gasteiger partial charge is 0.481 e. The number of aromatic nitrogens is 2. The van der Waals surface area contributed by atoms with E-state index in [4.69, 9.17) is 9.72 Å². The van der Waals surface area contributed by atoms with Gasteiger partial charge in [0.05, 0.1) is 6.61 Å². The highest BCUT2D eigenvalue weighted by Crippen LogP contribution is 2.25. The van der Waals surface area contributed by atoms with Gasteiger partial charge in [-0.1, -0.05) is 54.6 Å². The van der Waals surface area contributed by atoms with E-state index in [1.807, 2.05) is 42.5 Å². The van der Waals surface area contributed by atoms with E-state index in [0.717, 1.165) is 18.4 Å². The number of hydrogen-bond acceptors (Lipinski definition) is 8. The Hall–Kier alpha value is -5.00. The summed E-state index contributed by atoms with van der Waals surface area (Å²) in [5.74, 6) is -1.29. The van der Waals surface area contributed by atoms with Crippen molar-refractivity contribution in [2.45, 2.75) is 44.7 Å². The fraction of sp³-hybridized carbons (Fsp3) is 0.375. The fourth-order valence-corrected chi connectivity index (χ4v) is 5.53. The monoisotopic (exact) mass is 600 g/mol. The number of nitrogens with one attached hydrogen (secondary N) is 2. The number of rotatable bonds is 10. The number of fused-ring (bicyclic) bond motifs is 1. The summed E-state index contributed by atoms with van der Waals surface area (Å²) >= 11 is 0. The Balaban J connectivity index is 1.34. The third-order valence-corrected chi connectivity index (χ3v) is 7.76. The number of carboxylic acids is 1. The van der Waals surface area contributed by atoms with Gasteiger partial charge in [-0.15, -0.1) is 0 Å². The van der Waals surface area contributed by atoms with Crippen LogP contribution in [0.5, 0.6) is 0 Å². The van der Waals surface area contributed by atoms with Crippen LogP contribution in [0.3, 0.4) is 0 Å². The summed E-state index contributed by atoms with van der Waals surface area (Å²) in [7, 11) is 0. The molecule has 1 aromatic heterocycles. The van der Waals surface area contributed by atoms with E-state index in [9.17, 15) is 24.3 Å². The zero-order valence-corrected chi connectivity index (χ0v) is 24.6. The molecule has 2 aromatic carbocycles. The highest BCUT2D eigenvalue weighted by molar-refractivity contribution is 5.97. The molecule has 3 amide bonds. The lowest BCUT2D eigenvalue weighted by Gasteiger charge is -2.35. The quantitative estimate of drug-likeness (QED) is 0.319. The van der Waals surface area contributed by atoms with Crippen molar-refractivity contribution in [3.63, 3.8) is 0 Å². The van der Waals surface area contributed by atoms with Crippen LogP contribution in [0, 0.1) is 0 Å². The lowest BCUT2D eigenvalue weighted by Crippen LogP contribution is -2.56. The Kier molecular flexibility index (Phi) is 9.68. The highest BCUT2D eigenvalue weighted by atomic mass is 16.6. The van der Waals surface area contributed by atoms with E-state index in [-0.39, 0.29) is 57.4 Å².